The lowest BCUT2D eigenvalue weighted by Gasteiger charge is -2.08. The van der Waals surface area contributed by atoms with Crippen molar-refractivity contribution in [3.63, 3.8) is 0 Å². The molecule has 94 valence electrons. The van der Waals surface area contributed by atoms with E-state index in [1.807, 2.05) is 19.9 Å². The van der Waals surface area contributed by atoms with Crippen LogP contribution in [0.4, 0.5) is 4.39 Å². The average Bonchev–Trinajstić information content (AvgIpc) is 2.14. The Labute approximate surface area is 102 Å². The molecule has 0 aliphatic rings. The van der Waals surface area contributed by atoms with E-state index in [0.717, 1.165) is 12.0 Å². The van der Waals surface area contributed by atoms with Crippen LogP contribution in [0.2, 0.25) is 0 Å². The highest BCUT2D eigenvalue weighted by Gasteiger charge is 2.15. The summed E-state index contributed by atoms with van der Waals surface area (Å²) in [4.78, 5) is 11.9. The minimum Gasteiger partial charge on any atom is -0.328 e. The maximum Gasteiger partial charge on any atom is 0.166 e. The van der Waals surface area contributed by atoms with Crippen LogP contribution in [0.5, 0.6) is 0 Å². The number of hydrogen-bond donors (Lipinski definition) is 1. The molecular weight excluding hydrogens is 217 g/mol. The molecule has 1 atom stereocenters. The zero-order valence-electron chi connectivity index (χ0n) is 10.7. The normalized spacial score (nSPS) is 12.5. The second-order valence-electron chi connectivity index (χ2n) is 4.73. The number of benzene rings is 1. The highest BCUT2D eigenvalue weighted by Crippen LogP contribution is 2.18. The van der Waals surface area contributed by atoms with Crippen molar-refractivity contribution < 1.29 is 9.18 Å². The molecule has 17 heavy (non-hydrogen) atoms. The molecule has 0 saturated heterocycles. The fourth-order valence-corrected chi connectivity index (χ4v) is 1.98. The van der Waals surface area contributed by atoms with E-state index in [1.165, 1.54) is 6.07 Å². The van der Waals surface area contributed by atoms with Gasteiger partial charge in [-0.3, -0.25) is 4.79 Å². The number of aryl methyl sites for hydroxylation is 2. The number of carbonyl (C=O) groups is 1. The van der Waals surface area contributed by atoms with Crippen LogP contribution in [0.25, 0.3) is 0 Å². The number of halogens is 1. The van der Waals surface area contributed by atoms with E-state index >= 15 is 0 Å². The summed E-state index contributed by atoms with van der Waals surface area (Å²) < 4.78 is 13.7. The maximum atomic E-state index is 13.7. The van der Waals surface area contributed by atoms with Gasteiger partial charge in [-0.1, -0.05) is 6.07 Å². The third-order valence-electron chi connectivity index (χ3n) is 2.77. The number of rotatable bonds is 5. The van der Waals surface area contributed by atoms with Crippen LogP contribution in [0.3, 0.4) is 0 Å². The molecule has 2 N–H and O–H groups in total. The minimum atomic E-state index is -0.409. The number of nitrogens with two attached hydrogens (primary N) is 1. The van der Waals surface area contributed by atoms with Crippen molar-refractivity contribution in [1.29, 1.82) is 0 Å². The Bertz CT molecular complexity index is 390. The summed E-state index contributed by atoms with van der Waals surface area (Å²) in [5.74, 6) is -0.533. The lowest BCUT2D eigenvalue weighted by atomic mass is 9.97. The minimum absolute atomic E-state index is 0.0896. The molecule has 0 aliphatic heterocycles. The van der Waals surface area contributed by atoms with E-state index in [4.69, 9.17) is 5.73 Å². The van der Waals surface area contributed by atoms with Crippen molar-refractivity contribution in [3.8, 4) is 0 Å². The van der Waals surface area contributed by atoms with Crippen molar-refractivity contribution in [1.82, 2.24) is 0 Å². The van der Waals surface area contributed by atoms with Crippen LogP contribution in [-0.4, -0.2) is 11.8 Å². The van der Waals surface area contributed by atoms with Crippen LogP contribution < -0.4 is 5.73 Å². The van der Waals surface area contributed by atoms with Crippen molar-refractivity contribution in [3.05, 3.63) is 34.6 Å². The molecule has 0 heterocycles. The van der Waals surface area contributed by atoms with Crippen LogP contribution in [0, 0.1) is 19.7 Å². The molecule has 1 unspecified atom stereocenters. The molecule has 0 fully saturated rings. The molecule has 0 saturated carbocycles. The molecule has 2 nitrogen and oxygen atoms in total. The first kappa shape index (κ1) is 13.8. The Morgan fingerprint density at radius 2 is 2.06 bits per heavy atom. The lowest BCUT2D eigenvalue weighted by molar-refractivity contribution is 0.0974. The fraction of sp³-hybridized carbons (Fsp3) is 0.500. The smallest absolute Gasteiger partial charge is 0.166 e. The molecule has 0 amide bonds. The van der Waals surface area contributed by atoms with Gasteiger partial charge >= 0.3 is 0 Å². The molecule has 3 heteroatoms. The molecule has 0 radical (unpaired) electrons. The van der Waals surface area contributed by atoms with Crippen molar-refractivity contribution in [2.75, 3.05) is 0 Å². The van der Waals surface area contributed by atoms with Gasteiger partial charge in [-0.05, 0) is 50.8 Å². The second kappa shape index (κ2) is 5.92. The van der Waals surface area contributed by atoms with Gasteiger partial charge in [0.25, 0.3) is 0 Å². The zero-order valence-corrected chi connectivity index (χ0v) is 10.7. The highest BCUT2D eigenvalue weighted by atomic mass is 19.1. The molecule has 1 aromatic carbocycles. The molecule has 1 aromatic rings. The van der Waals surface area contributed by atoms with Crippen molar-refractivity contribution in [2.24, 2.45) is 5.73 Å². The van der Waals surface area contributed by atoms with Gasteiger partial charge in [0, 0.05) is 12.5 Å². The van der Waals surface area contributed by atoms with Crippen LogP contribution in [0.1, 0.15) is 47.7 Å². The Kier molecular flexibility index (Phi) is 4.82. The number of carbonyl (C=O) groups excluding carboxylic acids is 1. The molecule has 1 rings (SSSR count). The van der Waals surface area contributed by atoms with E-state index in [1.54, 1.807) is 6.92 Å². The maximum absolute atomic E-state index is 13.7. The SMILES string of the molecule is Cc1cc(C)c(C(=O)CCCC(C)N)c(F)c1. The predicted octanol–water partition coefficient (Wildman–Crippen LogP) is 3.14. The van der Waals surface area contributed by atoms with E-state index in [-0.39, 0.29) is 17.4 Å². The summed E-state index contributed by atoms with van der Waals surface area (Å²) >= 11 is 0. The van der Waals surface area contributed by atoms with Gasteiger partial charge in [-0.15, -0.1) is 0 Å². The van der Waals surface area contributed by atoms with Crippen molar-refractivity contribution in [2.45, 2.75) is 46.1 Å². The molecule has 0 aliphatic carbocycles. The largest absolute Gasteiger partial charge is 0.328 e. The second-order valence-corrected chi connectivity index (χ2v) is 4.73. The van der Waals surface area contributed by atoms with Gasteiger partial charge in [0.15, 0.2) is 5.78 Å². The van der Waals surface area contributed by atoms with Crippen molar-refractivity contribution >= 4 is 5.78 Å². The van der Waals surface area contributed by atoms with E-state index in [2.05, 4.69) is 0 Å². The van der Waals surface area contributed by atoms with Crippen LogP contribution in [0.15, 0.2) is 12.1 Å². The molecule has 0 aromatic heterocycles. The first-order chi connectivity index (χ1) is 7.91. The molecule has 0 bridgehead atoms. The molecular formula is C14H20FNO. The lowest BCUT2D eigenvalue weighted by Crippen LogP contribution is -2.15. The van der Waals surface area contributed by atoms with E-state index in [0.29, 0.717) is 18.4 Å². The van der Waals surface area contributed by atoms with Gasteiger partial charge in [0.1, 0.15) is 5.82 Å². The van der Waals surface area contributed by atoms with E-state index < -0.39 is 5.82 Å². The average molecular weight is 237 g/mol. The summed E-state index contributed by atoms with van der Waals surface area (Å²) in [5, 5.41) is 0. The Balaban J connectivity index is 2.76. The number of Topliss-reactive ketones (excluding diaryl/α,β-unsaturated/α-hetero) is 1. The first-order valence-electron chi connectivity index (χ1n) is 5.97. The zero-order chi connectivity index (χ0) is 13.0. The summed E-state index contributed by atoms with van der Waals surface area (Å²) in [7, 11) is 0. The van der Waals surface area contributed by atoms with Crippen LogP contribution >= 0.6 is 0 Å². The van der Waals surface area contributed by atoms with Gasteiger partial charge in [-0.25, -0.2) is 4.39 Å². The van der Waals surface area contributed by atoms with E-state index in [9.17, 15) is 9.18 Å². The molecule has 0 spiro atoms. The van der Waals surface area contributed by atoms with Gasteiger partial charge < -0.3 is 5.73 Å². The third kappa shape index (κ3) is 3.93. The Morgan fingerprint density at radius 3 is 2.59 bits per heavy atom. The third-order valence-corrected chi connectivity index (χ3v) is 2.77. The van der Waals surface area contributed by atoms with Gasteiger partial charge in [0.2, 0.25) is 0 Å². The predicted molar refractivity (Wildman–Crippen MR) is 67.7 cm³/mol. The number of ketones is 1. The summed E-state index contributed by atoms with van der Waals surface area (Å²) in [6.07, 6.45) is 1.86. The topological polar surface area (TPSA) is 43.1 Å². The standard InChI is InChI=1S/C14H20FNO/c1-9-7-10(2)14(12(15)8-9)13(17)6-4-5-11(3)16/h7-8,11H,4-6,16H2,1-3H3. The quantitative estimate of drug-likeness (QED) is 0.799. The summed E-state index contributed by atoms with van der Waals surface area (Å²) in [6.45, 7) is 5.50. The van der Waals surface area contributed by atoms with Gasteiger partial charge in [0.05, 0.1) is 5.56 Å². The number of hydrogen-bond acceptors (Lipinski definition) is 2. The Morgan fingerprint density at radius 1 is 1.41 bits per heavy atom. The highest BCUT2D eigenvalue weighted by molar-refractivity contribution is 5.97. The summed E-state index contributed by atoms with van der Waals surface area (Å²) in [6, 6.07) is 3.33. The summed E-state index contributed by atoms with van der Waals surface area (Å²) in [5.41, 5.74) is 7.40. The Hall–Kier alpha value is -1.22. The van der Waals surface area contributed by atoms with Crippen LogP contribution in [-0.2, 0) is 0 Å². The van der Waals surface area contributed by atoms with Gasteiger partial charge in [-0.2, -0.15) is 0 Å². The first-order valence-corrected chi connectivity index (χ1v) is 5.97. The monoisotopic (exact) mass is 237 g/mol. The fourth-order valence-electron chi connectivity index (χ4n) is 1.98.